The number of alkyl halides is 2. The second-order valence-corrected chi connectivity index (χ2v) is 3.01. The second kappa shape index (κ2) is 7.10. The molecule has 0 fully saturated rings. The third kappa shape index (κ3) is 5.01. The van der Waals surface area contributed by atoms with E-state index in [0.717, 1.165) is 14.2 Å². The molecule has 0 bridgehead atoms. The molecule has 94 valence electrons. The summed E-state index contributed by atoms with van der Waals surface area (Å²) in [7, 11) is 2.23. The van der Waals surface area contributed by atoms with Gasteiger partial charge in [-0.1, -0.05) is 0 Å². The Kier molecular flexibility index (Phi) is 6.55. The van der Waals surface area contributed by atoms with Gasteiger partial charge in [0.05, 0.1) is 32.7 Å². The van der Waals surface area contributed by atoms with Crippen LogP contribution in [-0.4, -0.2) is 38.9 Å². The molecule has 0 aliphatic heterocycles. The first-order valence-electron chi connectivity index (χ1n) is 4.50. The molecule has 0 saturated carbocycles. The molecule has 0 aromatic carbocycles. The van der Waals surface area contributed by atoms with Crippen LogP contribution >= 0.6 is 0 Å². The molecule has 2 atom stereocenters. The summed E-state index contributed by atoms with van der Waals surface area (Å²) < 4.78 is 36.8. The van der Waals surface area contributed by atoms with Crippen molar-refractivity contribution in [2.75, 3.05) is 14.2 Å². The van der Waals surface area contributed by atoms with Crippen LogP contribution in [0.4, 0.5) is 8.78 Å². The zero-order valence-corrected chi connectivity index (χ0v) is 9.24. The largest absolute Gasteiger partial charge is 0.469 e. The summed E-state index contributed by atoms with van der Waals surface area (Å²) in [4.78, 5) is 22.2. The molecule has 0 saturated heterocycles. The highest BCUT2D eigenvalue weighted by atomic mass is 19.3. The Morgan fingerprint density at radius 2 is 1.75 bits per heavy atom. The van der Waals surface area contributed by atoms with Gasteiger partial charge in [0.2, 0.25) is 0 Å². The van der Waals surface area contributed by atoms with Crippen LogP contribution in [0.2, 0.25) is 0 Å². The quantitative estimate of drug-likeness (QED) is 0.647. The number of carbonyl (C=O) groups excluding carboxylic acids is 2. The van der Waals surface area contributed by atoms with Gasteiger partial charge in [0.1, 0.15) is 0 Å². The maximum Gasteiger partial charge on any atom is 0.345 e. The smallest absolute Gasteiger partial charge is 0.345 e. The SMILES string of the molecule is COC(=O)C[C@H](C(=O)OC)[C@@H](C)OC(F)F. The van der Waals surface area contributed by atoms with E-state index in [1.54, 1.807) is 0 Å². The molecular formula is C9H14F2O5. The molecule has 0 aliphatic carbocycles. The van der Waals surface area contributed by atoms with E-state index in [2.05, 4.69) is 14.2 Å². The van der Waals surface area contributed by atoms with Gasteiger partial charge >= 0.3 is 18.6 Å². The van der Waals surface area contributed by atoms with Crippen molar-refractivity contribution in [2.24, 2.45) is 5.92 Å². The van der Waals surface area contributed by atoms with Gasteiger partial charge < -0.3 is 14.2 Å². The fraction of sp³-hybridized carbons (Fsp3) is 0.778. The Morgan fingerprint density at radius 1 is 1.19 bits per heavy atom. The lowest BCUT2D eigenvalue weighted by molar-refractivity contribution is -0.185. The van der Waals surface area contributed by atoms with E-state index in [1.165, 1.54) is 6.92 Å². The highest BCUT2D eigenvalue weighted by molar-refractivity contribution is 5.80. The molecule has 0 spiro atoms. The molecular weight excluding hydrogens is 226 g/mol. The molecule has 0 aromatic rings. The number of halogens is 2. The topological polar surface area (TPSA) is 61.8 Å². The summed E-state index contributed by atoms with van der Waals surface area (Å²) in [6.45, 7) is -1.75. The minimum absolute atomic E-state index is 0.364. The minimum atomic E-state index is -3.01. The number of rotatable bonds is 6. The highest BCUT2D eigenvalue weighted by Crippen LogP contribution is 2.17. The van der Waals surface area contributed by atoms with Crippen LogP contribution in [0.5, 0.6) is 0 Å². The molecule has 0 amide bonds. The predicted octanol–water partition coefficient (Wildman–Crippen LogP) is 0.966. The minimum Gasteiger partial charge on any atom is -0.469 e. The molecule has 0 heterocycles. The van der Waals surface area contributed by atoms with Gasteiger partial charge in [-0.05, 0) is 6.92 Å². The highest BCUT2D eigenvalue weighted by Gasteiger charge is 2.31. The van der Waals surface area contributed by atoms with Crippen LogP contribution < -0.4 is 0 Å². The third-order valence-corrected chi connectivity index (χ3v) is 2.00. The van der Waals surface area contributed by atoms with E-state index in [-0.39, 0.29) is 6.42 Å². The van der Waals surface area contributed by atoms with Gasteiger partial charge in [0.15, 0.2) is 0 Å². The molecule has 7 heteroatoms. The Balaban J connectivity index is 4.53. The normalized spacial score (nSPS) is 14.4. The van der Waals surface area contributed by atoms with Crippen molar-refractivity contribution in [3.63, 3.8) is 0 Å². The van der Waals surface area contributed by atoms with Crippen molar-refractivity contribution in [2.45, 2.75) is 26.1 Å². The van der Waals surface area contributed by atoms with Gasteiger partial charge in [0, 0.05) is 0 Å². The van der Waals surface area contributed by atoms with Gasteiger partial charge in [-0.2, -0.15) is 8.78 Å². The lowest BCUT2D eigenvalue weighted by Gasteiger charge is -2.20. The van der Waals surface area contributed by atoms with Crippen molar-refractivity contribution >= 4 is 11.9 Å². The first-order valence-corrected chi connectivity index (χ1v) is 4.50. The third-order valence-electron chi connectivity index (χ3n) is 2.00. The number of hydrogen-bond acceptors (Lipinski definition) is 5. The van der Waals surface area contributed by atoms with Crippen LogP contribution in [0.15, 0.2) is 0 Å². The van der Waals surface area contributed by atoms with Gasteiger partial charge in [-0.15, -0.1) is 0 Å². The second-order valence-electron chi connectivity index (χ2n) is 3.01. The average molecular weight is 240 g/mol. The van der Waals surface area contributed by atoms with Crippen molar-refractivity contribution in [1.29, 1.82) is 0 Å². The van der Waals surface area contributed by atoms with Crippen LogP contribution in [0.25, 0.3) is 0 Å². The number of carbonyl (C=O) groups is 2. The van der Waals surface area contributed by atoms with E-state index in [1.807, 2.05) is 0 Å². The average Bonchev–Trinajstić information content (AvgIpc) is 2.23. The number of esters is 2. The van der Waals surface area contributed by atoms with E-state index in [0.29, 0.717) is 0 Å². The molecule has 0 rings (SSSR count). The summed E-state index contributed by atoms with van der Waals surface area (Å²) in [6, 6.07) is 0. The zero-order chi connectivity index (χ0) is 12.7. The lowest BCUT2D eigenvalue weighted by atomic mass is 10.00. The van der Waals surface area contributed by atoms with Crippen molar-refractivity contribution in [3.05, 3.63) is 0 Å². The summed E-state index contributed by atoms with van der Waals surface area (Å²) in [5, 5.41) is 0. The summed E-state index contributed by atoms with van der Waals surface area (Å²) in [6.07, 6.45) is -1.50. The van der Waals surface area contributed by atoms with E-state index in [9.17, 15) is 18.4 Å². The van der Waals surface area contributed by atoms with E-state index in [4.69, 9.17) is 0 Å². The van der Waals surface area contributed by atoms with E-state index >= 15 is 0 Å². The van der Waals surface area contributed by atoms with E-state index < -0.39 is 30.6 Å². The van der Waals surface area contributed by atoms with Crippen LogP contribution in [0.3, 0.4) is 0 Å². The van der Waals surface area contributed by atoms with Crippen LogP contribution in [-0.2, 0) is 23.8 Å². The maximum atomic E-state index is 11.9. The summed E-state index contributed by atoms with van der Waals surface area (Å²) >= 11 is 0. The first kappa shape index (κ1) is 14.8. The summed E-state index contributed by atoms with van der Waals surface area (Å²) in [5.41, 5.74) is 0. The van der Waals surface area contributed by atoms with Gasteiger partial charge in [-0.3, -0.25) is 9.59 Å². The van der Waals surface area contributed by atoms with Gasteiger partial charge in [0.25, 0.3) is 0 Å². The molecule has 0 aliphatic rings. The van der Waals surface area contributed by atoms with Crippen LogP contribution in [0.1, 0.15) is 13.3 Å². The maximum absolute atomic E-state index is 11.9. The predicted molar refractivity (Wildman–Crippen MR) is 48.7 cm³/mol. The standard InChI is InChI=1S/C9H14F2O5/c1-5(16-9(10)11)6(8(13)15-3)4-7(12)14-2/h5-6,9H,4H2,1-3H3/t5-,6+/m1/s1. The molecule has 5 nitrogen and oxygen atoms in total. The summed E-state index contributed by atoms with van der Waals surface area (Å²) in [5.74, 6) is -2.59. The number of methoxy groups -OCH3 is 2. The molecule has 0 N–H and O–H groups in total. The molecule has 0 aromatic heterocycles. The fourth-order valence-corrected chi connectivity index (χ4v) is 1.11. The zero-order valence-electron chi connectivity index (χ0n) is 9.24. The molecule has 0 radical (unpaired) electrons. The monoisotopic (exact) mass is 240 g/mol. The van der Waals surface area contributed by atoms with Crippen LogP contribution in [0, 0.1) is 5.92 Å². The fourth-order valence-electron chi connectivity index (χ4n) is 1.11. The Morgan fingerprint density at radius 3 is 2.12 bits per heavy atom. The molecule has 16 heavy (non-hydrogen) atoms. The van der Waals surface area contributed by atoms with Crippen molar-refractivity contribution < 1.29 is 32.6 Å². The lowest BCUT2D eigenvalue weighted by Crippen LogP contribution is -2.33. The molecule has 0 unspecified atom stereocenters. The number of ether oxygens (including phenoxy) is 3. The Labute approximate surface area is 91.7 Å². The van der Waals surface area contributed by atoms with Gasteiger partial charge in [-0.25, -0.2) is 0 Å². The number of hydrogen-bond donors (Lipinski definition) is 0. The first-order chi connectivity index (χ1) is 7.42. The van der Waals surface area contributed by atoms with Crippen molar-refractivity contribution in [3.8, 4) is 0 Å². The Hall–Kier alpha value is -1.24. The Bertz CT molecular complexity index is 244. The van der Waals surface area contributed by atoms with Crippen molar-refractivity contribution in [1.82, 2.24) is 0 Å².